The van der Waals surface area contributed by atoms with E-state index >= 15 is 0 Å². The van der Waals surface area contributed by atoms with Crippen LogP contribution >= 0.6 is 11.8 Å². The summed E-state index contributed by atoms with van der Waals surface area (Å²) in [6.45, 7) is 3.55. The maximum Gasteiger partial charge on any atom is 0.339 e. The number of hydrogen-bond donors (Lipinski definition) is 0. The van der Waals surface area contributed by atoms with E-state index in [0.29, 0.717) is 34.9 Å². The van der Waals surface area contributed by atoms with Crippen molar-refractivity contribution in [1.29, 1.82) is 0 Å². The third kappa shape index (κ3) is 5.63. The normalized spacial score (nSPS) is 17.6. The van der Waals surface area contributed by atoms with Crippen molar-refractivity contribution in [2.75, 3.05) is 24.7 Å². The number of aryl methyl sites for hydroxylation is 1. The molecule has 1 unspecified atom stereocenters. The van der Waals surface area contributed by atoms with Gasteiger partial charge in [0.25, 0.3) is 5.91 Å². The van der Waals surface area contributed by atoms with Gasteiger partial charge in [-0.2, -0.15) is 0 Å². The lowest BCUT2D eigenvalue weighted by Crippen LogP contribution is -2.43. The van der Waals surface area contributed by atoms with Crippen LogP contribution in [-0.2, 0) is 25.1 Å². The standard InChI is InChI=1S/C20H24N2O6S2/c1-3-22(15-8-9-30(25,26)13-15)19(23)11-27-20(24)17-6-4-5-7-18(17)29-12-16-10-14(2)21-28-16/h4-7,10,15H,3,8-9,11-13H2,1-2H3. The number of likely N-dealkylation sites (N-methyl/N-ethyl adjacent to an activating group) is 1. The predicted molar refractivity (Wildman–Crippen MR) is 112 cm³/mol. The first-order valence-corrected chi connectivity index (χ1v) is 12.4. The topological polar surface area (TPSA) is 107 Å². The Kier molecular flexibility index (Phi) is 7.19. The number of rotatable bonds is 8. The summed E-state index contributed by atoms with van der Waals surface area (Å²) in [6.07, 6.45) is 0.413. The van der Waals surface area contributed by atoms with Crippen molar-refractivity contribution in [1.82, 2.24) is 10.1 Å². The molecule has 0 spiro atoms. The molecule has 1 saturated heterocycles. The van der Waals surface area contributed by atoms with Crippen LogP contribution in [0.1, 0.15) is 35.2 Å². The SMILES string of the molecule is CCN(C(=O)COC(=O)c1ccccc1SCc1cc(C)no1)C1CCS(=O)(=O)C1. The Morgan fingerprint density at radius 1 is 1.33 bits per heavy atom. The molecule has 0 saturated carbocycles. The maximum atomic E-state index is 12.6. The first kappa shape index (κ1) is 22.4. The van der Waals surface area contributed by atoms with E-state index in [2.05, 4.69) is 5.16 Å². The van der Waals surface area contributed by atoms with E-state index < -0.39 is 28.3 Å². The fourth-order valence-electron chi connectivity index (χ4n) is 3.34. The molecule has 162 valence electrons. The van der Waals surface area contributed by atoms with Crippen LogP contribution in [0.4, 0.5) is 0 Å². The van der Waals surface area contributed by atoms with Gasteiger partial charge in [-0.25, -0.2) is 13.2 Å². The Morgan fingerprint density at radius 3 is 2.73 bits per heavy atom. The summed E-state index contributed by atoms with van der Waals surface area (Å²) in [7, 11) is -3.11. The minimum atomic E-state index is -3.11. The molecule has 2 heterocycles. The zero-order valence-corrected chi connectivity index (χ0v) is 18.5. The van der Waals surface area contributed by atoms with E-state index in [1.54, 1.807) is 25.1 Å². The number of hydrogen-bond acceptors (Lipinski definition) is 8. The van der Waals surface area contributed by atoms with Crippen LogP contribution in [0.5, 0.6) is 0 Å². The van der Waals surface area contributed by atoms with E-state index in [-0.39, 0.29) is 17.5 Å². The third-order valence-corrected chi connectivity index (χ3v) is 7.64. The average molecular weight is 453 g/mol. The molecule has 0 aliphatic carbocycles. The van der Waals surface area contributed by atoms with Crippen LogP contribution in [-0.4, -0.2) is 61.1 Å². The predicted octanol–water partition coefficient (Wildman–Crippen LogP) is 2.47. The summed E-state index contributed by atoms with van der Waals surface area (Å²) in [4.78, 5) is 27.3. The Morgan fingerprint density at radius 2 is 2.10 bits per heavy atom. The van der Waals surface area contributed by atoms with E-state index in [1.807, 2.05) is 19.1 Å². The Hall–Kier alpha value is -2.33. The second-order valence-electron chi connectivity index (χ2n) is 7.03. The Balaban J connectivity index is 1.59. The lowest BCUT2D eigenvalue weighted by atomic mass is 10.2. The van der Waals surface area contributed by atoms with E-state index in [1.165, 1.54) is 16.7 Å². The number of aromatic nitrogens is 1. The van der Waals surface area contributed by atoms with Crippen molar-refractivity contribution < 1.29 is 27.3 Å². The van der Waals surface area contributed by atoms with E-state index in [4.69, 9.17) is 9.26 Å². The first-order valence-electron chi connectivity index (χ1n) is 9.60. The molecule has 1 amide bonds. The van der Waals surface area contributed by atoms with Crippen LogP contribution in [0, 0.1) is 6.92 Å². The van der Waals surface area contributed by atoms with Crippen molar-refractivity contribution in [3.05, 3.63) is 47.3 Å². The number of sulfone groups is 1. The van der Waals surface area contributed by atoms with Gasteiger partial charge in [0, 0.05) is 23.5 Å². The Bertz CT molecular complexity index is 1020. The maximum absolute atomic E-state index is 12.6. The fraction of sp³-hybridized carbons (Fsp3) is 0.450. The van der Waals surface area contributed by atoms with Crippen molar-refractivity contribution >= 4 is 33.5 Å². The number of esters is 1. The van der Waals surface area contributed by atoms with Gasteiger partial charge < -0.3 is 14.2 Å². The van der Waals surface area contributed by atoms with E-state index in [0.717, 1.165) is 5.69 Å². The van der Waals surface area contributed by atoms with Gasteiger partial charge >= 0.3 is 5.97 Å². The largest absolute Gasteiger partial charge is 0.452 e. The van der Waals surface area contributed by atoms with E-state index in [9.17, 15) is 18.0 Å². The molecule has 1 atom stereocenters. The second kappa shape index (κ2) is 9.65. The molecule has 2 aromatic rings. The molecule has 1 aromatic heterocycles. The lowest BCUT2D eigenvalue weighted by molar-refractivity contribution is -0.136. The van der Waals surface area contributed by atoms with Gasteiger partial charge in [0.05, 0.1) is 28.5 Å². The highest BCUT2D eigenvalue weighted by Crippen LogP contribution is 2.27. The van der Waals surface area contributed by atoms with Gasteiger partial charge in [-0.1, -0.05) is 17.3 Å². The Labute approximate surface area is 179 Å². The molecule has 1 aliphatic heterocycles. The summed E-state index contributed by atoms with van der Waals surface area (Å²) >= 11 is 1.41. The molecule has 0 N–H and O–H groups in total. The molecule has 0 bridgehead atoms. The smallest absolute Gasteiger partial charge is 0.339 e. The number of carbonyl (C=O) groups excluding carboxylic acids is 2. The molecule has 1 aromatic carbocycles. The summed E-state index contributed by atoms with van der Waals surface area (Å²) in [5.41, 5.74) is 1.14. The van der Waals surface area contributed by atoms with Gasteiger partial charge in [0.1, 0.15) is 5.76 Å². The number of nitrogens with zero attached hydrogens (tertiary/aromatic N) is 2. The lowest BCUT2D eigenvalue weighted by Gasteiger charge is -2.26. The second-order valence-corrected chi connectivity index (χ2v) is 10.3. The highest BCUT2D eigenvalue weighted by molar-refractivity contribution is 7.98. The van der Waals surface area contributed by atoms with Crippen LogP contribution < -0.4 is 0 Å². The quantitative estimate of drug-likeness (QED) is 0.444. The number of benzene rings is 1. The number of ether oxygens (including phenoxy) is 1. The minimum Gasteiger partial charge on any atom is -0.452 e. The van der Waals surface area contributed by atoms with Crippen LogP contribution in [0.3, 0.4) is 0 Å². The van der Waals surface area contributed by atoms with Gasteiger partial charge in [-0.15, -0.1) is 11.8 Å². The summed E-state index contributed by atoms with van der Waals surface area (Å²) < 4.78 is 33.8. The zero-order chi connectivity index (χ0) is 21.7. The molecule has 0 radical (unpaired) electrons. The van der Waals surface area contributed by atoms with Gasteiger partial charge in [-0.05, 0) is 32.4 Å². The molecule has 8 nitrogen and oxygen atoms in total. The van der Waals surface area contributed by atoms with Gasteiger partial charge in [0.2, 0.25) is 0 Å². The van der Waals surface area contributed by atoms with Crippen molar-refractivity contribution in [3.63, 3.8) is 0 Å². The molecular formula is C20H24N2O6S2. The molecule has 1 fully saturated rings. The monoisotopic (exact) mass is 452 g/mol. The van der Waals surface area contributed by atoms with Crippen molar-refractivity contribution in [3.8, 4) is 0 Å². The molecule has 1 aliphatic rings. The minimum absolute atomic E-state index is 0.0406. The average Bonchev–Trinajstić information content (AvgIpc) is 3.30. The highest BCUT2D eigenvalue weighted by atomic mass is 32.2. The number of amides is 1. The molecule has 10 heteroatoms. The number of thioether (sulfide) groups is 1. The third-order valence-electron chi connectivity index (χ3n) is 4.79. The molecule has 3 rings (SSSR count). The summed E-state index contributed by atoms with van der Waals surface area (Å²) in [5, 5.41) is 3.84. The first-order chi connectivity index (χ1) is 14.3. The van der Waals surface area contributed by atoms with Gasteiger partial charge in [0.15, 0.2) is 16.4 Å². The fourth-order valence-corrected chi connectivity index (χ4v) is 5.99. The summed E-state index contributed by atoms with van der Waals surface area (Å²) in [5.74, 6) is 0.244. The van der Waals surface area contributed by atoms with Crippen molar-refractivity contribution in [2.45, 2.75) is 37.0 Å². The zero-order valence-electron chi connectivity index (χ0n) is 16.9. The van der Waals surface area contributed by atoms with Gasteiger partial charge in [-0.3, -0.25) is 4.79 Å². The number of carbonyl (C=O) groups is 2. The van der Waals surface area contributed by atoms with Crippen LogP contribution in [0.2, 0.25) is 0 Å². The van der Waals surface area contributed by atoms with Crippen LogP contribution in [0.25, 0.3) is 0 Å². The highest BCUT2D eigenvalue weighted by Gasteiger charge is 2.34. The van der Waals surface area contributed by atoms with Crippen molar-refractivity contribution in [2.24, 2.45) is 0 Å². The molecular weight excluding hydrogens is 428 g/mol. The summed E-state index contributed by atoms with van der Waals surface area (Å²) in [6, 6.07) is 8.45. The molecule has 30 heavy (non-hydrogen) atoms. The van der Waals surface area contributed by atoms with Crippen LogP contribution in [0.15, 0.2) is 39.8 Å².